The zero-order chi connectivity index (χ0) is 20.8. The third-order valence-electron chi connectivity index (χ3n) is 4.41. The summed E-state index contributed by atoms with van der Waals surface area (Å²) in [5.74, 6) is -0.228. The fourth-order valence-electron chi connectivity index (χ4n) is 2.99. The number of para-hydroxylation sites is 1. The molecule has 6 heteroatoms. The van der Waals surface area contributed by atoms with Crippen molar-refractivity contribution in [3.05, 3.63) is 29.8 Å². The molecule has 5 nitrogen and oxygen atoms in total. The summed E-state index contributed by atoms with van der Waals surface area (Å²) >= 11 is 0. The highest BCUT2D eigenvalue weighted by Crippen LogP contribution is 2.15. The SMILES string of the molecule is C[Si](C)(C)OC(=O)CCCCCCCCCCCNC(=O)c1ccccc1O. The fraction of sp³-hybridized carbons (Fsp3) is 0.636. The van der Waals surface area contributed by atoms with E-state index in [-0.39, 0.29) is 17.6 Å². The summed E-state index contributed by atoms with van der Waals surface area (Å²) in [6.07, 6.45) is 10.6. The lowest BCUT2D eigenvalue weighted by atomic mass is 10.1. The van der Waals surface area contributed by atoms with Crippen LogP contribution in [0.5, 0.6) is 5.75 Å². The van der Waals surface area contributed by atoms with Crippen molar-refractivity contribution in [1.29, 1.82) is 0 Å². The Morgan fingerprint density at radius 1 is 0.893 bits per heavy atom. The van der Waals surface area contributed by atoms with Crippen LogP contribution in [0.4, 0.5) is 0 Å². The van der Waals surface area contributed by atoms with Gasteiger partial charge < -0.3 is 14.8 Å². The second-order valence-electron chi connectivity index (χ2n) is 8.29. The van der Waals surface area contributed by atoms with E-state index in [9.17, 15) is 14.7 Å². The van der Waals surface area contributed by atoms with Crippen molar-refractivity contribution in [2.24, 2.45) is 0 Å². The first-order valence-electron chi connectivity index (χ1n) is 10.6. The maximum atomic E-state index is 11.9. The number of carbonyl (C=O) groups is 2. The number of carbonyl (C=O) groups excluding carboxylic acids is 2. The van der Waals surface area contributed by atoms with Crippen molar-refractivity contribution in [2.75, 3.05) is 6.54 Å². The van der Waals surface area contributed by atoms with Crippen molar-refractivity contribution >= 4 is 20.2 Å². The van der Waals surface area contributed by atoms with Crippen LogP contribution in [0, 0.1) is 0 Å². The minimum Gasteiger partial charge on any atom is -0.520 e. The summed E-state index contributed by atoms with van der Waals surface area (Å²) in [4.78, 5) is 23.6. The summed E-state index contributed by atoms with van der Waals surface area (Å²) < 4.78 is 5.44. The average molecular weight is 408 g/mol. The van der Waals surface area contributed by atoms with Gasteiger partial charge in [-0.25, -0.2) is 0 Å². The lowest BCUT2D eigenvalue weighted by molar-refractivity contribution is -0.135. The molecule has 0 fully saturated rings. The van der Waals surface area contributed by atoms with Crippen molar-refractivity contribution in [1.82, 2.24) is 5.32 Å². The molecular formula is C22H37NO4Si. The highest BCUT2D eigenvalue weighted by molar-refractivity contribution is 6.71. The Labute approximate surface area is 171 Å². The normalized spacial score (nSPS) is 11.2. The van der Waals surface area contributed by atoms with Gasteiger partial charge in [-0.05, 0) is 44.6 Å². The molecular weight excluding hydrogens is 370 g/mol. The van der Waals surface area contributed by atoms with Gasteiger partial charge in [0.15, 0.2) is 0 Å². The number of hydrogen-bond acceptors (Lipinski definition) is 4. The number of amides is 1. The molecule has 0 aliphatic carbocycles. The molecule has 2 N–H and O–H groups in total. The molecule has 0 aromatic heterocycles. The maximum absolute atomic E-state index is 11.9. The topological polar surface area (TPSA) is 75.6 Å². The van der Waals surface area contributed by atoms with Gasteiger partial charge in [0.1, 0.15) is 5.75 Å². The molecule has 0 bridgehead atoms. The number of benzene rings is 1. The van der Waals surface area contributed by atoms with E-state index < -0.39 is 8.32 Å². The summed E-state index contributed by atoms with van der Waals surface area (Å²) in [5.41, 5.74) is 0.330. The van der Waals surface area contributed by atoms with Crippen LogP contribution in [0.25, 0.3) is 0 Å². The molecule has 1 amide bonds. The number of aromatic hydroxyl groups is 1. The number of unbranched alkanes of at least 4 members (excludes halogenated alkanes) is 8. The Hall–Kier alpha value is -1.82. The van der Waals surface area contributed by atoms with Gasteiger partial charge in [-0.15, -0.1) is 0 Å². The highest BCUT2D eigenvalue weighted by atomic mass is 28.4. The van der Waals surface area contributed by atoms with Crippen molar-refractivity contribution < 1.29 is 19.1 Å². The van der Waals surface area contributed by atoms with Crippen LogP contribution in [-0.2, 0) is 9.22 Å². The Morgan fingerprint density at radius 3 is 2.00 bits per heavy atom. The molecule has 0 aliphatic heterocycles. The van der Waals surface area contributed by atoms with Gasteiger partial charge in [0.05, 0.1) is 5.56 Å². The van der Waals surface area contributed by atoms with E-state index in [0.717, 1.165) is 25.7 Å². The molecule has 0 saturated carbocycles. The third-order valence-corrected chi connectivity index (χ3v) is 5.25. The second kappa shape index (κ2) is 13.4. The molecule has 0 spiro atoms. The quantitative estimate of drug-likeness (QED) is 0.320. The molecule has 0 saturated heterocycles. The predicted octanol–water partition coefficient (Wildman–Crippen LogP) is 5.40. The standard InChI is InChI=1S/C22H37NO4Si/c1-28(2,3)27-21(25)17-11-9-7-5-4-6-8-10-14-18-23-22(26)19-15-12-13-16-20(19)24/h12-13,15-16,24H,4-11,14,17-18H2,1-3H3,(H,23,26). The minimum atomic E-state index is -1.73. The molecule has 1 rings (SSSR count). The first-order chi connectivity index (χ1) is 13.3. The van der Waals surface area contributed by atoms with Gasteiger partial charge in [-0.1, -0.05) is 57.1 Å². The maximum Gasteiger partial charge on any atom is 0.292 e. The number of phenolic OH excluding ortho intramolecular Hbond substituents is 1. The van der Waals surface area contributed by atoms with E-state index in [1.807, 2.05) is 19.6 Å². The summed E-state index contributed by atoms with van der Waals surface area (Å²) in [7, 11) is -1.73. The lowest BCUT2D eigenvalue weighted by Gasteiger charge is -2.17. The van der Waals surface area contributed by atoms with Gasteiger partial charge in [0.2, 0.25) is 8.32 Å². The Bertz CT molecular complexity index is 598. The Balaban J connectivity index is 1.90. The Morgan fingerprint density at radius 2 is 1.43 bits per heavy atom. The smallest absolute Gasteiger partial charge is 0.292 e. The zero-order valence-corrected chi connectivity index (χ0v) is 18.8. The largest absolute Gasteiger partial charge is 0.520 e. The summed E-state index contributed by atoms with van der Waals surface area (Å²) in [6.45, 7) is 6.74. The van der Waals surface area contributed by atoms with E-state index in [1.54, 1.807) is 18.2 Å². The molecule has 0 heterocycles. The molecule has 0 radical (unpaired) electrons. The van der Waals surface area contributed by atoms with Crippen LogP contribution in [0.2, 0.25) is 19.6 Å². The molecule has 0 aliphatic rings. The monoisotopic (exact) mass is 407 g/mol. The molecule has 0 unspecified atom stereocenters. The summed E-state index contributed by atoms with van der Waals surface area (Å²) in [5, 5.41) is 12.5. The summed E-state index contributed by atoms with van der Waals surface area (Å²) in [6, 6.07) is 6.59. The first-order valence-corrected chi connectivity index (χ1v) is 14.0. The minimum absolute atomic E-state index is 0.0212. The van der Waals surface area contributed by atoms with Gasteiger partial charge in [-0.2, -0.15) is 0 Å². The number of nitrogens with one attached hydrogen (secondary N) is 1. The highest BCUT2D eigenvalue weighted by Gasteiger charge is 2.19. The van der Waals surface area contributed by atoms with Crippen molar-refractivity contribution in [3.63, 3.8) is 0 Å². The van der Waals surface area contributed by atoms with Gasteiger partial charge in [0, 0.05) is 13.0 Å². The van der Waals surface area contributed by atoms with Crippen LogP contribution in [0.15, 0.2) is 24.3 Å². The van der Waals surface area contributed by atoms with E-state index in [1.165, 1.54) is 38.2 Å². The van der Waals surface area contributed by atoms with Crippen LogP contribution < -0.4 is 5.32 Å². The molecule has 28 heavy (non-hydrogen) atoms. The number of rotatable bonds is 14. The Kier molecular flexibility index (Phi) is 11.6. The van der Waals surface area contributed by atoms with E-state index in [0.29, 0.717) is 18.5 Å². The molecule has 1 aromatic rings. The van der Waals surface area contributed by atoms with Crippen molar-refractivity contribution in [2.45, 2.75) is 83.8 Å². The number of hydrogen-bond donors (Lipinski definition) is 2. The van der Waals surface area contributed by atoms with Crippen LogP contribution in [0.3, 0.4) is 0 Å². The molecule has 0 atom stereocenters. The average Bonchev–Trinajstić information content (AvgIpc) is 2.61. The molecule has 158 valence electrons. The van der Waals surface area contributed by atoms with E-state index in [4.69, 9.17) is 4.43 Å². The zero-order valence-electron chi connectivity index (χ0n) is 17.8. The van der Waals surface area contributed by atoms with Crippen LogP contribution in [0.1, 0.15) is 74.6 Å². The predicted molar refractivity (Wildman–Crippen MR) is 116 cm³/mol. The fourth-order valence-corrected chi connectivity index (χ4v) is 3.77. The third kappa shape index (κ3) is 11.8. The van der Waals surface area contributed by atoms with Gasteiger partial charge >= 0.3 is 0 Å². The van der Waals surface area contributed by atoms with Gasteiger partial charge in [0.25, 0.3) is 11.9 Å². The lowest BCUT2D eigenvalue weighted by Crippen LogP contribution is -2.28. The van der Waals surface area contributed by atoms with Crippen LogP contribution >= 0.6 is 0 Å². The van der Waals surface area contributed by atoms with E-state index in [2.05, 4.69) is 5.32 Å². The second-order valence-corrected chi connectivity index (χ2v) is 12.7. The van der Waals surface area contributed by atoms with Gasteiger partial charge in [-0.3, -0.25) is 9.59 Å². The first kappa shape index (κ1) is 24.2. The molecule has 1 aromatic carbocycles. The van der Waals surface area contributed by atoms with Crippen LogP contribution in [-0.4, -0.2) is 31.8 Å². The van der Waals surface area contributed by atoms with E-state index >= 15 is 0 Å². The van der Waals surface area contributed by atoms with Crippen molar-refractivity contribution in [3.8, 4) is 5.75 Å². The number of phenols is 1.